The molecular weight excluding hydrogens is 300 g/mol. The molecule has 3 heteroatoms. The van der Waals surface area contributed by atoms with E-state index in [4.69, 9.17) is 0 Å². The van der Waals surface area contributed by atoms with Crippen LogP contribution in [0.25, 0.3) is 0 Å². The van der Waals surface area contributed by atoms with Crippen molar-refractivity contribution in [1.29, 1.82) is 0 Å². The molecule has 1 N–H and O–H groups in total. The molecule has 0 aromatic rings. The molecule has 4 aliphatic rings. The van der Waals surface area contributed by atoms with Gasteiger partial charge in [0.2, 0.25) is 0 Å². The highest BCUT2D eigenvalue weighted by atomic mass is 16.3. The number of allylic oxidation sites excluding steroid dienone is 2. The highest BCUT2D eigenvalue weighted by molar-refractivity contribution is 5.86. The summed E-state index contributed by atoms with van der Waals surface area (Å²) in [4.78, 5) is 24.1. The van der Waals surface area contributed by atoms with Gasteiger partial charge in [-0.2, -0.15) is 0 Å². The smallest absolute Gasteiger partial charge is 0.161 e. The number of rotatable bonds is 1. The molecule has 0 aromatic heterocycles. The molecule has 3 fully saturated rings. The van der Waals surface area contributed by atoms with Crippen molar-refractivity contribution in [3.05, 3.63) is 11.6 Å². The molecule has 0 spiro atoms. The normalized spacial score (nSPS) is 50.6. The maximum absolute atomic E-state index is 12.2. The zero-order valence-electron chi connectivity index (χ0n) is 15.2. The molecular formula is C21H30O3. The third kappa shape index (κ3) is 1.88. The van der Waals surface area contributed by atoms with Gasteiger partial charge in [-0.25, -0.2) is 0 Å². The van der Waals surface area contributed by atoms with E-state index in [1.54, 1.807) is 6.92 Å². The number of carbonyl (C=O) groups excluding carboxylic acids is 2. The van der Waals surface area contributed by atoms with Crippen LogP contribution < -0.4 is 0 Å². The highest BCUT2D eigenvalue weighted by Gasteiger charge is 2.65. The minimum atomic E-state index is -1.13. The van der Waals surface area contributed by atoms with Crippen molar-refractivity contribution in [2.75, 3.05) is 0 Å². The van der Waals surface area contributed by atoms with Crippen molar-refractivity contribution in [2.45, 2.75) is 77.7 Å². The lowest BCUT2D eigenvalue weighted by atomic mass is 9.47. The van der Waals surface area contributed by atoms with Crippen molar-refractivity contribution in [3.8, 4) is 0 Å². The largest absolute Gasteiger partial charge is 0.382 e. The van der Waals surface area contributed by atoms with Crippen molar-refractivity contribution in [1.82, 2.24) is 0 Å². The second-order valence-corrected chi connectivity index (χ2v) is 9.39. The Labute approximate surface area is 144 Å². The summed E-state index contributed by atoms with van der Waals surface area (Å²) >= 11 is 0. The Morgan fingerprint density at radius 2 is 1.88 bits per heavy atom. The topological polar surface area (TPSA) is 54.4 Å². The Morgan fingerprint density at radius 1 is 1.17 bits per heavy atom. The number of hydrogen-bond donors (Lipinski definition) is 1. The SMILES string of the molecule is CC(=O)[C@@]1(O)CCC2C3CC=C4CC(=O)CC[C@]4(C)C3CC[C@@]21C. The van der Waals surface area contributed by atoms with Crippen LogP contribution in [0.15, 0.2) is 11.6 Å². The van der Waals surface area contributed by atoms with Crippen molar-refractivity contribution < 1.29 is 14.7 Å². The second-order valence-electron chi connectivity index (χ2n) is 9.39. The Balaban J connectivity index is 1.70. The molecule has 4 rings (SSSR count). The van der Waals surface area contributed by atoms with Crippen LogP contribution in [0.3, 0.4) is 0 Å². The summed E-state index contributed by atoms with van der Waals surface area (Å²) in [6.07, 6.45) is 9.33. The number of ketones is 2. The predicted molar refractivity (Wildman–Crippen MR) is 92.3 cm³/mol. The summed E-state index contributed by atoms with van der Waals surface area (Å²) in [5, 5.41) is 11.1. The maximum atomic E-state index is 12.2. The lowest BCUT2D eigenvalue weighted by Crippen LogP contribution is -2.56. The van der Waals surface area contributed by atoms with E-state index in [0.717, 1.165) is 38.5 Å². The summed E-state index contributed by atoms with van der Waals surface area (Å²) in [7, 11) is 0. The molecule has 0 radical (unpaired) electrons. The third-order valence-corrected chi connectivity index (χ3v) is 8.67. The number of hydrogen-bond acceptors (Lipinski definition) is 3. The van der Waals surface area contributed by atoms with Gasteiger partial charge in [-0.15, -0.1) is 0 Å². The fourth-order valence-electron chi connectivity index (χ4n) is 7.07. The van der Waals surface area contributed by atoms with E-state index in [-0.39, 0.29) is 16.6 Å². The molecule has 3 saturated carbocycles. The first-order valence-corrected chi connectivity index (χ1v) is 9.67. The monoisotopic (exact) mass is 330 g/mol. The molecule has 0 heterocycles. The van der Waals surface area contributed by atoms with Gasteiger partial charge in [-0.1, -0.05) is 25.5 Å². The Hall–Kier alpha value is -0.960. The summed E-state index contributed by atoms with van der Waals surface area (Å²) in [6, 6.07) is 0. The third-order valence-electron chi connectivity index (χ3n) is 8.67. The summed E-state index contributed by atoms with van der Waals surface area (Å²) in [5.41, 5.74) is 0.139. The lowest BCUT2D eigenvalue weighted by molar-refractivity contribution is -0.159. The lowest BCUT2D eigenvalue weighted by Gasteiger charge is -2.58. The van der Waals surface area contributed by atoms with Gasteiger partial charge in [0.05, 0.1) is 0 Å². The minimum absolute atomic E-state index is 0.0486. The average Bonchev–Trinajstić information content (AvgIpc) is 2.81. The Morgan fingerprint density at radius 3 is 2.58 bits per heavy atom. The number of fused-ring (bicyclic) bond motifs is 5. The molecule has 0 aliphatic heterocycles. The first-order chi connectivity index (χ1) is 11.2. The number of carbonyl (C=O) groups is 2. The first kappa shape index (κ1) is 16.5. The minimum Gasteiger partial charge on any atom is -0.382 e. The standard InChI is InChI=1S/C21H30O3/c1-13(22)21(24)11-8-18-16-5-4-14-12-15(23)6-9-19(14,2)17(16)7-10-20(18,21)3/h4,16-18,24H,5-12H2,1-3H3/t16?,17?,18?,19-,20-,21-/m0/s1. The van der Waals surface area contributed by atoms with Crippen LogP contribution in [0.5, 0.6) is 0 Å². The second kappa shape index (κ2) is 5.03. The zero-order valence-corrected chi connectivity index (χ0v) is 15.2. The Kier molecular flexibility index (Phi) is 3.46. The van der Waals surface area contributed by atoms with Gasteiger partial charge in [0.1, 0.15) is 11.4 Å². The zero-order chi connectivity index (χ0) is 17.3. The van der Waals surface area contributed by atoms with Gasteiger partial charge < -0.3 is 5.11 Å². The van der Waals surface area contributed by atoms with Crippen LogP contribution in [-0.2, 0) is 9.59 Å². The molecule has 4 aliphatic carbocycles. The molecule has 3 unspecified atom stereocenters. The molecule has 3 nitrogen and oxygen atoms in total. The molecule has 0 saturated heterocycles. The first-order valence-electron chi connectivity index (χ1n) is 9.67. The fourth-order valence-corrected chi connectivity index (χ4v) is 7.07. The van der Waals surface area contributed by atoms with Crippen molar-refractivity contribution in [2.24, 2.45) is 28.6 Å². The molecule has 0 amide bonds. The van der Waals surface area contributed by atoms with Crippen molar-refractivity contribution >= 4 is 11.6 Å². The quantitative estimate of drug-likeness (QED) is 0.743. The van der Waals surface area contributed by atoms with E-state index >= 15 is 0 Å². The van der Waals surface area contributed by atoms with Gasteiger partial charge in [-0.05, 0) is 68.6 Å². The molecule has 24 heavy (non-hydrogen) atoms. The summed E-state index contributed by atoms with van der Waals surface area (Å²) < 4.78 is 0. The molecule has 0 aromatic carbocycles. The van der Waals surface area contributed by atoms with Gasteiger partial charge in [0.25, 0.3) is 0 Å². The fraction of sp³-hybridized carbons (Fsp3) is 0.810. The van der Waals surface area contributed by atoms with E-state index < -0.39 is 5.60 Å². The molecule has 132 valence electrons. The van der Waals surface area contributed by atoms with E-state index in [2.05, 4.69) is 19.9 Å². The van der Waals surface area contributed by atoms with E-state index in [1.807, 2.05) is 0 Å². The van der Waals surface area contributed by atoms with Crippen LogP contribution in [0, 0.1) is 28.6 Å². The van der Waals surface area contributed by atoms with Crippen molar-refractivity contribution in [3.63, 3.8) is 0 Å². The number of aliphatic hydroxyl groups is 1. The molecule has 0 bridgehead atoms. The summed E-state index contributed by atoms with van der Waals surface area (Å²) in [6.45, 7) is 6.10. The summed E-state index contributed by atoms with van der Waals surface area (Å²) in [5.74, 6) is 1.94. The van der Waals surface area contributed by atoms with Gasteiger partial charge in [0.15, 0.2) is 5.78 Å². The van der Waals surface area contributed by atoms with Crippen LogP contribution in [0.4, 0.5) is 0 Å². The van der Waals surface area contributed by atoms with Gasteiger partial charge in [-0.3, -0.25) is 9.59 Å². The van der Waals surface area contributed by atoms with Crippen LogP contribution in [0.1, 0.15) is 72.1 Å². The van der Waals surface area contributed by atoms with E-state index in [1.165, 1.54) is 5.57 Å². The molecule has 6 atom stereocenters. The van der Waals surface area contributed by atoms with Crippen LogP contribution >= 0.6 is 0 Å². The van der Waals surface area contributed by atoms with Gasteiger partial charge in [0, 0.05) is 18.3 Å². The average molecular weight is 330 g/mol. The van der Waals surface area contributed by atoms with Gasteiger partial charge >= 0.3 is 0 Å². The van der Waals surface area contributed by atoms with E-state index in [9.17, 15) is 14.7 Å². The Bertz CT molecular complexity index is 635. The maximum Gasteiger partial charge on any atom is 0.161 e. The predicted octanol–water partition coefficient (Wildman–Crippen LogP) is 3.84. The van der Waals surface area contributed by atoms with Crippen LogP contribution in [0.2, 0.25) is 0 Å². The van der Waals surface area contributed by atoms with Crippen LogP contribution in [-0.4, -0.2) is 22.3 Å². The van der Waals surface area contributed by atoms with E-state index in [0.29, 0.717) is 36.4 Å². The number of Topliss-reactive ketones (excluding diaryl/α,β-unsaturated/α-hetero) is 2. The highest BCUT2D eigenvalue weighted by Crippen LogP contribution is 2.67.